The van der Waals surface area contributed by atoms with Crippen LogP contribution in [-0.2, 0) is 0 Å². The molecule has 0 rings (SSSR count). The van der Waals surface area contributed by atoms with E-state index in [1.807, 2.05) is 0 Å². The van der Waals surface area contributed by atoms with Gasteiger partial charge in [0.05, 0.1) is 6.61 Å². The molecule has 0 radical (unpaired) electrons. The zero-order valence-corrected chi connectivity index (χ0v) is 12.4. The fourth-order valence-electron chi connectivity index (χ4n) is 2.15. The smallest absolute Gasteiger partial charge is 0.0558 e. The molecule has 1 atom stereocenters. The van der Waals surface area contributed by atoms with Gasteiger partial charge in [0, 0.05) is 25.2 Å². The van der Waals surface area contributed by atoms with E-state index in [1.54, 1.807) is 0 Å². The van der Waals surface area contributed by atoms with Gasteiger partial charge in [0.2, 0.25) is 0 Å². The van der Waals surface area contributed by atoms with Crippen LogP contribution in [0.5, 0.6) is 0 Å². The highest BCUT2D eigenvalue weighted by Gasteiger charge is 2.22. The van der Waals surface area contributed by atoms with Crippen molar-refractivity contribution in [2.24, 2.45) is 11.1 Å². The molecule has 0 saturated heterocycles. The van der Waals surface area contributed by atoms with Gasteiger partial charge in [0.15, 0.2) is 0 Å². The minimum atomic E-state index is 0.165. The van der Waals surface area contributed by atoms with E-state index in [1.165, 1.54) is 0 Å². The third-order valence-electron chi connectivity index (χ3n) is 3.69. The molecule has 0 heterocycles. The third kappa shape index (κ3) is 6.39. The Kier molecular flexibility index (Phi) is 8.01. The molecule has 0 saturated carbocycles. The third-order valence-corrected chi connectivity index (χ3v) is 3.69. The van der Waals surface area contributed by atoms with E-state index in [4.69, 9.17) is 10.8 Å². The Hall–Kier alpha value is -0.120. The number of nitrogens with zero attached hydrogens (tertiary/aromatic N) is 1. The van der Waals surface area contributed by atoms with E-state index in [0.29, 0.717) is 6.04 Å². The molecule has 3 nitrogen and oxygen atoms in total. The van der Waals surface area contributed by atoms with Crippen molar-refractivity contribution in [1.29, 1.82) is 0 Å². The molecule has 104 valence electrons. The topological polar surface area (TPSA) is 49.5 Å². The summed E-state index contributed by atoms with van der Waals surface area (Å²) in [4.78, 5) is 2.38. The molecule has 0 bridgehead atoms. The molecule has 0 aliphatic heterocycles. The van der Waals surface area contributed by atoms with Crippen LogP contribution >= 0.6 is 0 Å². The highest BCUT2D eigenvalue weighted by Crippen LogP contribution is 2.20. The van der Waals surface area contributed by atoms with Crippen molar-refractivity contribution in [2.45, 2.75) is 66.0 Å². The number of hydrogen-bond acceptors (Lipinski definition) is 3. The first-order valence-corrected chi connectivity index (χ1v) is 6.97. The Balaban J connectivity index is 4.26. The number of aliphatic hydroxyl groups excluding tert-OH is 1. The van der Waals surface area contributed by atoms with E-state index in [9.17, 15) is 0 Å². The first-order chi connectivity index (χ1) is 7.86. The monoisotopic (exact) mass is 244 g/mol. The maximum Gasteiger partial charge on any atom is 0.0558 e. The van der Waals surface area contributed by atoms with Crippen molar-refractivity contribution in [3.63, 3.8) is 0 Å². The minimum absolute atomic E-state index is 0.165. The van der Waals surface area contributed by atoms with Gasteiger partial charge >= 0.3 is 0 Å². The molecule has 3 heteroatoms. The normalized spacial score (nSPS) is 14.6. The molecular formula is C14H32N2O. The maximum atomic E-state index is 9.13. The second-order valence-electron chi connectivity index (χ2n) is 5.99. The summed E-state index contributed by atoms with van der Waals surface area (Å²) in [6.07, 6.45) is 3.28. The molecule has 0 amide bonds. The summed E-state index contributed by atoms with van der Waals surface area (Å²) >= 11 is 0. The van der Waals surface area contributed by atoms with Crippen molar-refractivity contribution in [3.8, 4) is 0 Å². The predicted octanol–water partition coefficient (Wildman–Crippen LogP) is 2.23. The Bertz CT molecular complexity index is 185. The van der Waals surface area contributed by atoms with E-state index in [0.717, 1.165) is 32.4 Å². The van der Waals surface area contributed by atoms with E-state index in [-0.39, 0.29) is 18.1 Å². The molecular weight excluding hydrogens is 212 g/mol. The lowest BCUT2D eigenvalue weighted by molar-refractivity contribution is 0.132. The van der Waals surface area contributed by atoms with E-state index < -0.39 is 0 Å². The molecule has 1 unspecified atom stereocenters. The fraction of sp³-hybridized carbons (Fsp3) is 1.00. The van der Waals surface area contributed by atoms with Crippen molar-refractivity contribution >= 4 is 0 Å². The van der Waals surface area contributed by atoms with Crippen LogP contribution in [0.1, 0.15) is 53.9 Å². The van der Waals surface area contributed by atoms with E-state index >= 15 is 0 Å². The lowest BCUT2D eigenvalue weighted by Crippen LogP contribution is -2.42. The molecule has 0 aliphatic rings. The highest BCUT2D eigenvalue weighted by molar-refractivity contribution is 4.79. The van der Waals surface area contributed by atoms with Crippen LogP contribution in [0, 0.1) is 5.41 Å². The predicted molar refractivity (Wildman–Crippen MR) is 75.1 cm³/mol. The van der Waals surface area contributed by atoms with Crippen LogP contribution in [-0.4, -0.2) is 41.8 Å². The van der Waals surface area contributed by atoms with Gasteiger partial charge in [-0.25, -0.2) is 0 Å². The van der Waals surface area contributed by atoms with Crippen LogP contribution in [0.4, 0.5) is 0 Å². The van der Waals surface area contributed by atoms with Gasteiger partial charge in [-0.3, -0.25) is 4.90 Å². The first kappa shape index (κ1) is 16.9. The van der Waals surface area contributed by atoms with Crippen LogP contribution in [0.25, 0.3) is 0 Å². The molecule has 3 N–H and O–H groups in total. The second-order valence-corrected chi connectivity index (χ2v) is 5.99. The SMILES string of the molecule is CCC(CC)N(CCO)CCC(N)C(C)(C)C. The van der Waals surface area contributed by atoms with E-state index in [2.05, 4.69) is 39.5 Å². The summed E-state index contributed by atoms with van der Waals surface area (Å²) in [7, 11) is 0. The Morgan fingerprint density at radius 1 is 1.12 bits per heavy atom. The molecule has 0 aromatic rings. The van der Waals surface area contributed by atoms with Crippen LogP contribution in [0.15, 0.2) is 0 Å². The number of rotatable bonds is 8. The van der Waals surface area contributed by atoms with Gasteiger partial charge in [-0.05, 0) is 24.7 Å². The fourth-order valence-corrected chi connectivity index (χ4v) is 2.15. The van der Waals surface area contributed by atoms with Gasteiger partial charge in [-0.15, -0.1) is 0 Å². The van der Waals surface area contributed by atoms with Crippen molar-refractivity contribution in [3.05, 3.63) is 0 Å². The number of aliphatic hydroxyl groups is 1. The van der Waals surface area contributed by atoms with Crippen molar-refractivity contribution in [1.82, 2.24) is 4.90 Å². The average molecular weight is 244 g/mol. The number of hydrogen-bond donors (Lipinski definition) is 2. The van der Waals surface area contributed by atoms with Gasteiger partial charge in [0.25, 0.3) is 0 Å². The summed E-state index contributed by atoms with van der Waals surface area (Å²) in [5.41, 5.74) is 6.35. The van der Waals surface area contributed by atoms with Gasteiger partial charge in [-0.2, -0.15) is 0 Å². The highest BCUT2D eigenvalue weighted by atomic mass is 16.3. The molecule has 0 fully saturated rings. The average Bonchev–Trinajstić information content (AvgIpc) is 2.25. The Morgan fingerprint density at radius 2 is 1.65 bits per heavy atom. The zero-order chi connectivity index (χ0) is 13.5. The summed E-state index contributed by atoms with van der Waals surface area (Å²) in [5.74, 6) is 0. The Labute approximate surface area is 107 Å². The van der Waals surface area contributed by atoms with Gasteiger partial charge in [-0.1, -0.05) is 34.6 Å². The minimum Gasteiger partial charge on any atom is -0.395 e. The molecule has 0 aromatic heterocycles. The van der Waals surface area contributed by atoms with Crippen molar-refractivity contribution < 1.29 is 5.11 Å². The summed E-state index contributed by atoms with van der Waals surface area (Å²) in [5, 5.41) is 9.13. The largest absolute Gasteiger partial charge is 0.395 e. The van der Waals surface area contributed by atoms with Crippen LogP contribution < -0.4 is 5.73 Å². The van der Waals surface area contributed by atoms with Crippen molar-refractivity contribution in [2.75, 3.05) is 19.7 Å². The summed E-state index contributed by atoms with van der Waals surface area (Å²) in [6, 6.07) is 0.798. The Morgan fingerprint density at radius 3 is 2.00 bits per heavy atom. The van der Waals surface area contributed by atoms with Crippen LogP contribution in [0.3, 0.4) is 0 Å². The molecule has 17 heavy (non-hydrogen) atoms. The zero-order valence-electron chi connectivity index (χ0n) is 12.4. The lowest BCUT2D eigenvalue weighted by atomic mass is 9.85. The maximum absolute atomic E-state index is 9.13. The standard InChI is InChI=1S/C14H32N2O/c1-6-12(7-2)16(10-11-17)9-8-13(15)14(3,4)5/h12-13,17H,6-11,15H2,1-5H3. The molecule has 0 spiro atoms. The van der Waals surface area contributed by atoms with Gasteiger partial charge < -0.3 is 10.8 Å². The second kappa shape index (κ2) is 8.06. The summed E-state index contributed by atoms with van der Waals surface area (Å²) in [6.45, 7) is 13.0. The summed E-state index contributed by atoms with van der Waals surface area (Å²) < 4.78 is 0. The molecule has 0 aliphatic carbocycles. The quantitative estimate of drug-likeness (QED) is 0.688. The lowest BCUT2D eigenvalue weighted by Gasteiger charge is -2.33. The number of nitrogens with two attached hydrogens (primary N) is 1. The van der Waals surface area contributed by atoms with Crippen LogP contribution in [0.2, 0.25) is 0 Å². The van der Waals surface area contributed by atoms with Gasteiger partial charge in [0.1, 0.15) is 0 Å². The molecule has 0 aromatic carbocycles. The first-order valence-electron chi connectivity index (χ1n) is 6.97.